The molecule has 1 aromatic carbocycles. The second-order valence-electron chi connectivity index (χ2n) is 7.15. The second-order valence-corrected chi connectivity index (χ2v) is 8.50. The highest BCUT2D eigenvalue weighted by Gasteiger charge is 2.30. The SMILES string of the molecule is CSCCC(NC(=O)C(CO)NC(=O)C(Cc1ccc(O)cc1)NC(=O)C(N)CS)C(=O)O. The number of phenolic OH excluding ortho intramolecular Hbond substituents is 1. The number of carbonyl (C=O) groups is 4. The molecule has 0 radical (unpaired) electrons. The van der Waals surface area contributed by atoms with Crippen LogP contribution >= 0.6 is 24.4 Å². The molecule has 0 aliphatic carbocycles. The van der Waals surface area contributed by atoms with Gasteiger partial charge in [0.1, 0.15) is 23.9 Å². The Kier molecular flexibility index (Phi) is 12.7. The average Bonchev–Trinajstić information content (AvgIpc) is 2.79. The highest BCUT2D eigenvalue weighted by atomic mass is 32.2. The van der Waals surface area contributed by atoms with Crippen LogP contribution in [0, 0.1) is 0 Å². The molecule has 8 N–H and O–H groups in total. The van der Waals surface area contributed by atoms with Crippen LogP contribution in [0.15, 0.2) is 24.3 Å². The van der Waals surface area contributed by atoms with Gasteiger partial charge in [0, 0.05) is 12.2 Å². The van der Waals surface area contributed by atoms with E-state index in [2.05, 4.69) is 28.6 Å². The third-order valence-electron chi connectivity index (χ3n) is 4.58. The van der Waals surface area contributed by atoms with Crippen LogP contribution in [0.4, 0.5) is 0 Å². The number of carboxylic acids is 1. The fourth-order valence-electron chi connectivity index (χ4n) is 2.67. The van der Waals surface area contributed by atoms with Crippen molar-refractivity contribution in [2.24, 2.45) is 5.73 Å². The van der Waals surface area contributed by atoms with Gasteiger partial charge in [-0.1, -0.05) is 12.1 Å². The van der Waals surface area contributed by atoms with Gasteiger partial charge in [-0.25, -0.2) is 4.79 Å². The van der Waals surface area contributed by atoms with Gasteiger partial charge in [0.2, 0.25) is 17.7 Å². The molecule has 1 rings (SSSR count). The Morgan fingerprint density at radius 2 is 1.55 bits per heavy atom. The van der Waals surface area contributed by atoms with Gasteiger partial charge < -0.3 is 37.0 Å². The third-order valence-corrected chi connectivity index (χ3v) is 5.62. The average molecular weight is 503 g/mol. The number of hydrogen-bond donors (Lipinski definition) is 8. The minimum Gasteiger partial charge on any atom is -0.508 e. The number of hydrogen-bond acceptors (Lipinski definition) is 9. The first-order valence-corrected chi connectivity index (χ1v) is 12.0. The number of phenols is 1. The largest absolute Gasteiger partial charge is 0.508 e. The van der Waals surface area contributed by atoms with Gasteiger partial charge in [-0.05, 0) is 36.1 Å². The van der Waals surface area contributed by atoms with Crippen LogP contribution in [0.25, 0.3) is 0 Å². The predicted octanol–water partition coefficient (Wildman–Crippen LogP) is -1.52. The lowest BCUT2D eigenvalue weighted by Crippen LogP contribution is -2.58. The highest BCUT2D eigenvalue weighted by Crippen LogP contribution is 2.12. The molecule has 0 aliphatic rings. The van der Waals surface area contributed by atoms with Gasteiger partial charge in [-0.3, -0.25) is 14.4 Å². The van der Waals surface area contributed by atoms with Gasteiger partial charge in [-0.2, -0.15) is 24.4 Å². The van der Waals surface area contributed by atoms with E-state index in [9.17, 15) is 34.5 Å². The highest BCUT2D eigenvalue weighted by molar-refractivity contribution is 7.98. The van der Waals surface area contributed by atoms with Crippen molar-refractivity contribution in [1.29, 1.82) is 0 Å². The fourth-order valence-corrected chi connectivity index (χ4v) is 3.31. The number of amides is 3. The van der Waals surface area contributed by atoms with Gasteiger partial charge in [0.15, 0.2) is 0 Å². The number of benzene rings is 1. The summed E-state index contributed by atoms with van der Waals surface area (Å²) in [5.41, 5.74) is 6.26. The third kappa shape index (κ3) is 9.90. The number of nitrogens with two attached hydrogens (primary N) is 1. The van der Waals surface area contributed by atoms with Crippen molar-refractivity contribution in [1.82, 2.24) is 16.0 Å². The van der Waals surface area contributed by atoms with E-state index in [0.717, 1.165) is 0 Å². The van der Waals surface area contributed by atoms with E-state index in [-0.39, 0.29) is 24.3 Å². The lowest BCUT2D eigenvalue weighted by Gasteiger charge is -2.24. The van der Waals surface area contributed by atoms with Crippen molar-refractivity contribution in [2.45, 2.75) is 37.0 Å². The lowest BCUT2D eigenvalue weighted by atomic mass is 10.0. The van der Waals surface area contributed by atoms with Crippen LogP contribution < -0.4 is 21.7 Å². The van der Waals surface area contributed by atoms with Gasteiger partial charge in [0.25, 0.3) is 0 Å². The summed E-state index contributed by atoms with van der Waals surface area (Å²) in [5.74, 6) is -3.00. The monoisotopic (exact) mass is 502 g/mol. The molecule has 0 bridgehead atoms. The number of aliphatic carboxylic acids is 1. The van der Waals surface area contributed by atoms with Crippen LogP contribution in [0.3, 0.4) is 0 Å². The number of carboxylic acid groups (broad SMARTS) is 1. The first-order valence-electron chi connectivity index (χ1n) is 10.0. The number of rotatable bonds is 14. The van der Waals surface area contributed by atoms with Crippen molar-refractivity contribution >= 4 is 48.1 Å². The normalized spacial score (nSPS) is 14.4. The summed E-state index contributed by atoms with van der Waals surface area (Å²) in [5, 5.41) is 35.4. The smallest absolute Gasteiger partial charge is 0.326 e. The molecule has 0 aliphatic heterocycles. The Hall–Kier alpha value is -2.48. The van der Waals surface area contributed by atoms with Crippen LogP contribution in [-0.2, 0) is 25.6 Å². The fraction of sp³-hybridized carbons (Fsp3) is 0.500. The van der Waals surface area contributed by atoms with E-state index in [1.807, 2.05) is 0 Å². The van der Waals surface area contributed by atoms with E-state index in [0.29, 0.717) is 11.3 Å². The molecule has 0 saturated carbocycles. The quantitative estimate of drug-likeness (QED) is 0.140. The Morgan fingerprint density at radius 3 is 2.06 bits per heavy atom. The van der Waals surface area contributed by atoms with E-state index < -0.39 is 54.5 Å². The number of carbonyl (C=O) groups excluding carboxylic acids is 3. The van der Waals surface area contributed by atoms with Crippen LogP contribution in [0.2, 0.25) is 0 Å². The molecule has 0 spiro atoms. The zero-order valence-corrected chi connectivity index (χ0v) is 19.8. The van der Waals surface area contributed by atoms with Crippen molar-refractivity contribution in [3.63, 3.8) is 0 Å². The van der Waals surface area contributed by atoms with Crippen molar-refractivity contribution < 1.29 is 34.5 Å². The predicted molar refractivity (Wildman–Crippen MR) is 127 cm³/mol. The first kappa shape index (κ1) is 28.6. The molecule has 33 heavy (non-hydrogen) atoms. The molecule has 3 amide bonds. The molecule has 0 saturated heterocycles. The van der Waals surface area contributed by atoms with E-state index in [1.54, 1.807) is 18.4 Å². The molecule has 11 nitrogen and oxygen atoms in total. The number of thiol groups is 1. The molecule has 0 heterocycles. The molecule has 0 aromatic heterocycles. The number of aliphatic hydroxyl groups excluding tert-OH is 1. The number of nitrogens with one attached hydrogen (secondary N) is 3. The maximum Gasteiger partial charge on any atom is 0.326 e. The van der Waals surface area contributed by atoms with Gasteiger partial charge in [-0.15, -0.1) is 0 Å². The minimum atomic E-state index is -1.44. The van der Waals surface area contributed by atoms with Gasteiger partial charge in [0.05, 0.1) is 12.6 Å². The van der Waals surface area contributed by atoms with E-state index in [4.69, 9.17) is 5.73 Å². The molecule has 1 aromatic rings. The zero-order valence-electron chi connectivity index (χ0n) is 18.1. The second kappa shape index (κ2) is 14.6. The maximum absolute atomic E-state index is 12.9. The topological polar surface area (TPSA) is 191 Å². The first-order chi connectivity index (χ1) is 15.6. The molecule has 4 atom stereocenters. The van der Waals surface area contributed by atoms with Crippen molar-refractivity contribution in [3.05, 3.63) is 29.8 Å². The molecule has 4 unspecified atom stereocenters. The summed E-state index contributed by atoms with van der Waals surface area (Å²) in [6.07, 6.45) is 1.96. The number of aliphatic hydroxyl groups is 1. The Bertz CT molecular complexity index is 810. The molecular formula is C20H30N4O7S2. The zero-order chi connectivity index (χ0) is 25.0. The summed E-state index contributed by atoms with van der Waals surface area (Å²) in [6, 6.07) is 1.17. The molecular weight excluding hydrogens is 472 g/mol. The number of thioether (sulfide) groups is 1. The van der Waals surface area contributed by atoms with Gasteiger partial charge >= 0.3 is 5.97 Å². The van der Waals surface area contributed by atoms with Crippen LogP contribution in [0.1, 0.15) is 12.0 Å². The summed E-state index contributed by atoms with van der Waals surface area (Å²) >= 11 is 5.37. The molecule has 13 heteroatoms. The van der Waals surface area contributed by atoms with Crippen LogP contribution in [0.5, 0.6) is 5.75 Å². The summed E-state index contributed by atoms with van der Waals surface area (Å²) in [7, 11) is 0. The van der Waals surface area contributed by atoms with Crippen molar-refractivity contribution in [2.75, 3.05) is 24.4 Å². The summed E-state index contributed by atoms with van der Waals surface area (Å²) in [4.78, 5) is 49.0. The van der Waals surface area contributed by atoms with E-state index in [1.165, 1.54) is 23.9 Å². The Balaban J connectivity index is 2.96. The summed E-state index contributed by atoms with van der Waals surface area (Å²) in [6.45, 7) is -0.789. The van der Waals surface area contributed by atoms with Crippen LogP contribution in [-0.4, -0.2) is 87.5 Å². The van der Waals surface area contributed by atoms with E-state index >= 15 is 0 Å². The lowest BCUT2D eigenvalue weighted by molar-refractivity contribution is -0.142. The Labute approximate surface area is 201 Å². The summed E-state index contributed by atoms with van der Waals surface area (Å²) < 4.78 is 0. The van der Waals surface area contributed by atoms with Crippen molar-refractivity contribution in [3.8, 4) is 5.75 Å². The molecule has 0 fully saturated rings. The standard InChI is InChI=1S/C20H30N4O7S2/c1-33-7-6-14(20(30)31)22-19(29)16(9-25)24-18(28)15(23-17(27)13(21)10-32)8-11-2-4-12(26)5-3-11/h2-5,13-16,25-26,32H,6-10,21H2,1H3,(H,22,29)(H,23,27)(H,24,28)(H,30,31). The Morgan fingerprint density at radius 1 is 1.00 bits per heavy atom. The maximum atomic E-state index is 12.9. The number of aromatic hydroxyl groups is 1. The minimum absolute atomic E-state index is 0.00237. The molecule has 184 valence electrons.